The summed E-state index contributed by atoms with van der Waals surface area (Å²) in [4.78, 5) is 12.9. The summed E-state index contributed by atoms with van der Waals surface area (Å²) in [5.41, 5.74) is 5.33. The van der Waals surface area contributed by atoms with Gasteiger partial charge in [-0.05, 0) is 64.7 Å². The Balaban J connectivity index is 1.67. The van der Waals surface area contributed by atoms with Gasteiger partial charge >= 0.3 is 0 Å². The summed E-state index contributed by atoms with van der Waals surface area (Å²) in [5, 5.41) is 1.89. The number of halogens is 1. The monoisotopic (exact) mass is 382 g/mol. The van der Waals surface area contributed by atoms with Crippen molar-refractivity contribution in [3.63, 3.8) is 0 Å². The van der Waals surface area contributed by atoms with Crippen molar-refractivity contribution in [1.29, 1.82) is 0 Å². The van der Waals surface area contributed by atoms with Gasteiger partial charge in [0, 0.05) is 5.02 Å². The van der Waals surface area contributed by atoms with Crippen molar-refractivity contribution in [3.8, 4) is 22.3 Å². The summed E-state index contributed by atoms with van der Waals surface area (Å²) >= 11 is 6.14. The molecule has 0 radical (unpaired) electrons. The lowest BCUT2D eigenvalue weighted by Gasteiger charge is -2.08. The molecule has 0 bridgehead atoms. The highest BCUT2D eigenvalue weighted by molar-refractivity contribution is 6.30. The van der Waals surface area contributed by atoms with E-state index in [1.165, 1.54) is 0 Å². The maximum absolute atomic E-state index is 12.9. The zero-order valence-corrected chi connectivity index (χ0v) is 15.6. The predicted molar refractivity (Wildman–Crippen MR) is 116 cm³/mol. The van der Waals surface area contributed by atoms with Gasteiger partial charge in [-0.3, -0.25) is 4.79 Å². The highest BCUT2D eigenvalue weighted by atomic mass is 35.5. The van der Waals surface area contributed by atoms with Gasteiger partial charge in [0.25, 0.3) is 0 Å². The Morgan fingerprint density at radius 1 is 0.571 bits per heavy atom. The summed E-state index contributed by atoms with van der Waals surface area (Å²) in [6.07, 6.45) is 0. The lowest BCUT2D eigenvalue weighted by atomic mass is 9.98. The maximum atomic E-state index is 12.9. The van der Waals surface area contributed by atoms with Gasteiger partial charge < -0.3 is 4.42 Å². The van der Waals surface area contributed by atoms with Crippen molar-refractivity contribution in [3.05, 3.63) is 106 Å². The van der Waals surface area contributed by atoms with Crippen LogP contribution in [0, 0.1) is 0 Å². The van der Waals surface area contributed by atoms with E-state index in [2.05, 4.69) is 12.1 Å². The number of rotatable bonds is 2. The van der Waals surface area contributed by atoms with Crippen LogP contribution >= 0.6 is 11.6 Å². The van der Waals surface area contributed by atoms with Gasteiger partial charge in [-0.1, -0.05) is 60.1 Å². The van der Waals surface area contributed by atoms with Gasteiger partial charge in [-0.15, -0.1) is 0 Å². The minimum atomic E-state index is -0.00954. The van der Waals surface area contributed by atoms with Crippen LogP contribution in [0.15, 0.2) is 100 Å². The molecule has 5 aromatic rings. The zero-order valence-electron chi connectivity index (χ0n) is 14.9. The topological polar surface area (TPSA) is 30.2 Å². The van der Waals surface area contributed by atoms with Crippen LogP contribution in [0.1, 0.15) is 0 Å². The fourth-order valence-corrected chi connectivity index (χ4v) is 3.72. The van der Waals surface area contributed by atoms with Crippen LogP contribution in [0.5, 0.6) is 0 Å². The number of hydrogen-bond donors (Lipinski definition) is 0. The highest BCUT2D eigenvalue weighted by Gasteiger charge is 2.09. The summed E-state index contributed by atoms with van der Waals surface area (Å²) < 4.78 is 5.91. The Labute approximate surface area is 166 Å². The van der Waals surface area contributed by atoms with Crippen molar-refractivity contribution in [1.82, 2.24) is 0 Å². The molecule has 1 aromatic heterocycles. The normalized spacial score (nSPS) is 11.2. The average Bonchev–Trinajstić information content (AvgIpc) is 2.74. The third-order valence-corrected chi connectivity index (χ3v) is 5.16. The van der Waals surface area contributed by atoms with Crippen molar-refractivity contribution >= 4 is 33.5 Å². The van der Waals surface area contributed by atoms with Crippen molar-refractivity contribution < 1.29 is 4.42 Å². The standard InChI is InChI=1S/C25H15ClO2/c26-20-8-4-7-18(14-20)16-5-3-6-17(13-16)19-11-12-24-22(15-19)25(27)21-9-1-2-10-23(21)28-24/h1-15H. The molecule has 0 fully saturated rings. The Kier molecular flexibility index (Phi) is 4.00. The van der Waals surface area contributed by atoms with Gasteiger partial charge in [0.1, 0.15) is 11.2 Å². The molecule has 134 valence electrons. The molecule has 1 heterocycles. The first kappa shape index (κ1) is 16.8. The zero-order chi connectivity index (χ0) is 19.1. The Morgan fingerprint density at radius 2 is 1.21 bits per heavy atom. The molecule has 0 N–H and O–H groups in total. The van der Waals surface area contributed by atoms with E-state index in [-0.39, 0.29) is 5.43 Å². The van der Waals surface area contributed by atoms with Crippen LogP contribution < -0.4 is 5.43 Å². The third kappa shape index (κ3) is 2.88. The van der Waals surface area contributed by atoms with Crippen molar-refractivity contribution in [2.24, 2.45) is 0 Å². The molecule has 5 rings (SSSR count). The lowest BCUT2D eigenvalue weighted by Crippen LogP contribution is -2.01. The molecule has 28 heavy (non-hydrogen) atoms. The van der Waals surface area contributed by atoms with Gasteiger partial charge in [-0.25, -0.2) is 0 Å². The smallest absolute Gasteiger partial charge is 0.200 e. The molecule has 0 amide bonds. The van der Waals surface area contributed by atoms with E-state index < -0.39 is 0 Å². The van der Waals surface area contributed by atoms with E-state index in [4.69, 9.17) is 16.0 Å². The lowest BCUT2D eigenvalue weighted by molar-refractivity contribution is 0.660. The summed E-state index contributed by atoms with van der Waals surface area (Å²) in [6, 6.07) is 29.1. The van der Waals surface area contributed by atoms with E-state index in [1.54, 1.807) is 6.07 Å². The molecule has 0 unspecified atom stereocenters. The minimum Gasteiger partial charge on any atom is -0.456 e. The van der Waals surface area contributed by atoms with Crippen LogP contribution in [0.2, 0.25) is 5.02 Å². The first-order valence-corrected chi connectivity index (χ1v) is 9.39. The molecular weight excluding hydrogens is 368 g/mol. The highest BCUT2D eigenvalue weighted by Crippen LogP contribution is 2.30. The molecule has 0 aliphatic carbocycles. The largest absolute Gasteiger partial charge is 0.456 e. The van der Waals surface area contributed by atoms with E-state index in [0.717, 1.165) is 22.3 Å². The first-order valence-electron chi connectivity index (χ1n) is 9.01. The van der Waals surface area contributed by atoms with Gasteiger partial charge in [0.15, 0.2) is 0 Å². The second-order valence-electron chi connectivity index (χ2n) is 6.73. The van der Waals surface area contributed by atoms with Gasteiger partial charge in [-0.2, -0.15) is 0 Å². The van der Waals surface area contributed by atoms with Crippen LogP contribution in [0.3, 0.4) is 0 Å². The quantitative estimate of drug-likeness (QED) is 0.310. The Morgan fingerprint density at radius 3 is 2.00 bits per heavy atom. The average molecular weight is 383 g/mol. The van der Waals surface area contributed by atoms with E-state index in [9.17, 15) is 4.79 Å². The van der Waals surface area contributed by atoms with Crippen LogP contribution in [-0.4, -0.2) is 0 Å². The summed E-state index contributed by atoms with van der Waals surface area (Å²) in [6.45, 7) is 0. The number of para-hydroxylation sites is 1. The number of hydrogen-bond acceptors (Lipinski definition) is 2. The molecule has 0 spiro atoms. The van der Waals surface area contributed by atoms with E-state index in [1.807, 2.05) is 72.8 Å². The summed E-state index contributed by atoms with van der Waals surface area (Å²) in [5.74, 6) is 0. The van der Waals surface area contributed by atoms with Crippen molar-refractivity contribution in [2.75, 3.05) is 0 Å². The molecule has 0 aliphatic rings. The minimum absolute atomic E-state index is 0.00954. The fourth-order valence-electron chi connectivity index (χ4n) is 3.53. The SMILES string of the molecule is O=c1c2ccccc2oc2ccc(-c3cccc(-c4cccc(Cl)c4)c3)cc12. The molecule has 4 aromatic carbocycles. The molecule has 2 nitrogen and oxygen atoms in total. The van der Waals surface area contributed by atoms with Crippen LogP contribution in [0.4, 0.5) is 0 Å². The van der Waals surface area contributed by atoms with Crippen LogP contribution in [-0.2, 0) is 0 Å². The van der Waals surface area contributed by atoms with Gasteiger partial charge in [0.05, 0.1) is 10.8 Å². The summed E-state index contributed by atoms with van der Waals surface area (Å²) in [7, 11) is 0. The number of fused-ring (bicyclic) bond motifs is 2. The first-order chi connectivity index (χ1) is 13.7. The molecule has 0 saturated carbocycles. The van der Waals surface area contributed by atoms with Gasteiger partial charge in [0.2, 0.25) is 5.43 Å². The second-order valence-corrected chi connectivity index (χ2v) is 7.17. The maximum Gasteiger partial charge on any atom is 0.200 e. The molecular formula is C25H15ClO2. The Hall–Kier alpha value is -3.36. The predicted octanol–water partition coefficient (Wildman–Crippen LogP) is 6.93. The van der Waals surface area contributed by atoms with E-state index in [0.29, 0.717) is 27.0 Å². The molecule has 3 heteroatoms. The van der Waals surface area contributed by atoms with E-state index >= 15 is 0 Å². The third-order valence-electron chi connectivity index (χ3n) is 4.93. The van der Waals surface area contributed by atoms with Crippen molar-refractivity contribution in [2.45, 2.75) is 0 Å². The Bertz CT molecular complexity index is 1400. The second kappa shape index (κ2) is 6.66. The fraction of sp³-hybridized carbons (Fsp3) is 0. The molecule has 0 atom stereocenters. The molecule has 0 saturated heterocycles. The van der Waals surface area contributed by atoms with Crippen LogP contribution in [0.25, 0.3) is 44.2 Å². The number of benzene rings is 4. The molecule has 0 aliphatic heterocycles.